The average Bonchev–Trinajstić information content (AvgIpc) is 3.10. The van der Waals surface area contributed by atoms with Crippen molar-refractivity contribution in [2.75, 3.05) is 0 Å². The Morgan fingerprint density at radius 2 is 1.86 bits per heavy atom. The summed E-state index contributed by atoms with van der Waals surface area (Å²) in [5, 5.41) is 1.06. The zero-order valence-electron chi connectivity index (χ0n) is 18.1. The van der Waals surface area contributed by atoms with Crippen LogP contribution in [0.15, 0.2) is 24.3 Å². The molecule has 1 saturated carbocycles. The average molecular weight is 401 g/mol. The van der Waals surface area contributed by atoms with Crippen molar-refractivity contribution >= 4 is 27.5 Å². The van der Waals surface area contributed by atoms with E-state index in [0.29, 0.717) is 11.8 Å². The molecule has 1 unspecified atom stereocenters. The lowest BCUT2D eigenvalue weighted by Gasteiger charge is -2.28. The van der Waals surface area contributed by atoms with Crippen molar-refractivity contribution in [1.82, 2.24) is 0 Å². The fraction of sp³-hybridized carbons (Fsp3) is 0.615. The summed E-state index contributed by atoms with van der Waals surface area (Å²) in [5.74, 6) is 2.66. The van der Waals surface area contributed by atoms with Crippen LogP contribution in [0.25, 0.3) is 16.2 Å². The van der Waals surface area contributed by atoms with Crippen molar-refractivity contribution in [2.45, 2.75) is 85.0 Å². The van der Waals surface area contributed by atoms with Gasteiger partial charge >= 0.3 is 0 Å². The Morgan fingerprint density at radius 3 is 2.54 bits per heavy atom. The molecule has 2 aromatic rings. The maximum absolute atomic E-state index is 15.3. The Balaban J connectivity index is 1.70. The van der Waals surface area contributed by atoms with Gasteiger partial charge in [0, 0.05) is 4.88 Å². The quantitative estimate of drug-likeness (QED) is 0.414. The molecule has 0 N–H and O–H groups in total. The predicted octanol–water partition coefficient (Wildman–Crippen LogP) is 9.20. The van der Waals surface area contributed by atoms with E-state index in [-0.39, 0.29) is 5.82 Å². The van der Waals surface area contributed by atoms with E-state index in [9.17, 15) is 0 Å². The number of benzene rings is 1. The topological polar surface area (TPSA) is 0 Å². The van der Waals surface area contributed by atoms with Gasteiger partial charge in [0.25, 0.3) is 0 Å². The van der Waals surface area contributed by atoms with Crippen LogP contribution in [0.2, 0.25) is 0 Å². The molecule has 0 spiro atoms. The summed E-state index contributed by atoms with van der Waals surface area (Å²) in [6, 6.07) is 6.35. The molecule has 0 radical (unpaired) electrons. The van der Waals surface area contributed by atoms with E-state index in [4.69, 9.17) is 0 Å². The molecule has 1 aliphatic carbocycles. The summed E-state index contributed by atoms with van der Waals surface area (Å²) >= 11 is 1.62. The van der Waals surface area contributed by atoms with Crippen molar-refractivity contribution < 1.29 is 4.39 Å². The van der Waals surface area contributed by atoms with Gasteiger partial charge in [0.1, 0.15) is 5.82 Å². The summed E-state index contributed by atoms with van der Waals surface area (Å²) in [5.41, 5.74) is 0.963. The first-order chi connectivity index (χ1) is 13.5. The molecule has 1 fully saturated rings. The Labute approximate surface area is 175 Å². The number of thiophene rings is 1. The summed E-state index contributed by atoms with van der Waals surface area (Å²) < 4.78 is 16.2. The van der Waals surface area contributed by atoms with Crippen LogP contribution in [-0.2, 0) is 0 Å². The van der Waals surface area contributed by atoms with E-state index in [2.05, 4.69) is 58.0 Å². The van der Waals surface area contributed by atoms with Crippen LogP contribution in [0.5, 0.6) is 0 Å². The van der Waals surface area contributed by atoms with Crippen LogP contribution in [0.1, 0.15) is 95.4 Å². The second kappa shape index (κ2) is 10.1. The predicted molar refractivity (Wildman–Crippen MR) is 124 cm³/mol. The minimum absolute atomic E-state index is 0.0500. The molecule has 1 aromatic heterocycles. The summed E-state index contributed by atoms with van der Waals surface area (Å²) in [6.07, 6.45) is 14.4. The highest BCUT2D eigenvalue weighted by molar-refractivity contribution is 7.19. The van der Waals surface area contributed by atoms with Gasteiger partial charge in [-0.3, -0.25) is 0 Å². The van der Waals surface area contributed by atoms with Gasteiger partial charge in [-0.2, -0.15) is 0 Å². The fourth-order valence-electron chi connectivity index (χ4n) is 4.62. The third kappa shape index (κ3) is 5.47. The highest BCUT2D eigenvalue weighted by Crippen LogP contribution is 2.41. The molecule has 1 aromatic carbocycles. The normalized spacial score (nSPS) is 21.8. The van der Waals surface area contributed by atoms with Crippen molar-refractivity contribution in [3.8, 4) is 0 Å². The zero-order chi connectivity index (χ0) is 20.1. The first-order valence-electron chi connectivity index (χ1n) is 11.4. The maximum atomic E-state index is 15.3. The lowest BCUT2D eigenvalue weighted by atomic mass is 9.77. The number of hydrogen-bond acceptors (Lipinski definition) is 1. The van der Waals surface area contributed by atoms with E-state index in [1.807, 2.05) is 0 Å². The second-order valence-corrected chi connectivity index (χ2v) is 10.4. The van der Waals surface area contributed by atoms with E-state index >= 15 is 4.39 Å². The first kappa shape index (κ1) is 21.6. The third-order valence-corrected chi connectivity index (χ3v) is 7.56. The molecule has 0 aliphatic heterocycles. The maximum Gasteiger partial charge on any atom is 0.144 e. The third-order valence-electron chi connectivity index (χ3n) is 6.45. The number of halogens is 1. The van der Waals surface area contributed by atoms with E-state index < -0.39 is 0 Å². The molecule has 2 heteroatoms. The van der Waals surface area contributed by atoms with Crippen LogP contribution in [0, 0.1) is 23.6 Å². The fourth-order valence-corrected chi connectivity index (χ4v) is 5.64. The van der Waals surface area contributed by atoms with E-state index in [0.717, 1.165) is 40.3 Å². The van der Waals surface area contributed by atoms with Crippen molar-refractivity contribution in [3.63, 3.8) is 0 Å². The Hall–Kier alpha value is -1.15. The number of fused-ring (bicyclic) bond motifs is 1. The highest BCUT2D eigenvalue weighted by atomic mass is 32.1. The lowest BCUT2D eigenvalue weighted by Crippen LogP contribution is -2.14. The smallest absolute Gasteiger partial charge is 0.144 e. The molecule has 0 bridgehead atoms. The van der Waals surface area contributed by atoms with Gasteiger partial charge in [0.15, 0.2) is 0 Å². The molecule has 154 valence electrons. The zero-order valence-corrected chi connectivity index (χ0v) is 19.0. The van der Waals surface area contributed by atoms with Gasteiger partial charge < -0.3 is 0 Å². The van der Waals surface area contributed by atoms with E-state index in [1.54, 1.807) is 11.3 Å². The SMILES string of the molecule is CCCC1CCC(c2ccc3cc(/C=C/C(C)CCC(C)C)sc3c2F)CC1. The van der Waals surface area contributed by atoms with Gasteiger partial charge in [0.05, 0.1) is 4.70 Å². The lowest BCUT2D eigenvalue weighted by molar-refractivity contribution is 0.305. The van der Waals surface area contributed by atoms with Crippen LogP contribution in [-0.4, -0.2) is 0 Å². The van der Waals surface area contributed by atoms with Gasteiger partial charge in [-0.1, -0.05) is 65.2 Å². The number of rotatable bonds is 8. The summed E-state index contributed by atoms with van der Waals surface area (Å²) in [6.45, 7) is 9.10. The van der Waals surface area contributed by atoms with Crippen LogP contribution in [0.3, 0.4) is 0 Å². The molecule has 3 rings (SSSR count). The van der Waals surface area contributed by atoms with Gasteiger partial charge in [-0.25, -0.2) is 4.39 Å². The molecule has 1 aliphatic rings. The van der Waals surface area contributed by atoms with Crippen molar-refractivity contribution in [2.24, 2.45) is 17.8 Å². The Bertz CT molecular complexity index is 777. The van der Waals surface area contributed by atoms with Crippen LogP contribution in [0.4, 0.5) is 4.39 Å². The Morgan fingerprint density at radius 1 is 1.11 bits per heavy atom. The second-order valence-electron chi connectivity index (χ2n) is 9.35. The molecule has 0 amide bonds. The van der Waals surface area contributed by atoms with Crippen molar-refractivity contribution in [1.29, 1.82) is 0 Å². The number of allylic oxidation sites excluding steroid dienone is 1. The summed E-state index contributed by atoms with van der Waals surface area (Å²) in [7, 11) is 0. The van der Waals surface area contributed by atoms with Gasteiger partial charge in [-0.05, 0) is 78.9 Å². The minimum atomic E-state index is 0.0500. The minimum Gasteiger partial charge on any atom is -0.205 e. The van der Waals surface area contributed by atoms with Gasteiger partial charge in [-0.15, -0.1) is 11.3 Å². The Kier molecular flexibility index (Phi) is 7.74. The monoisotopic (exact) mass is 400 g/mol. The molecule has 28 heavy (non-hydrogen) atoms. The highest BCUT2D eigenvalue weighted by Gasteiger charge is 2.25. The van der Waals surface area contributed by atoms with Crippen LogP contribution >= 0.6 is 11.3 Å². The molecule has 0 nitrogen and oxygen atoms in total. The molecular weight excluding hydrogens is 363 g/mol. The molecule has 1 atom stereocenters. The largest absolute Gasteiger partial charge is 0.205 e. The van der Waals surface area contributed by atoms with Crippen molar-refractivity contribution in [3.05, 3.63) is 40.5 Å². The molecule has 0 saturated heterocycles. The molecule has 1 heterocycles. The van der Waals surface area contributed by atoms with Crippen LogP contribution < -0.4 is 0 Å². The standard InChI is InChI=1S/C26H37FS/c1-5-6-20-10-12-21(13-11-20)24-16-14-22-17-23(28-26(22)25(24)27)15-9-19(4)8-7-18(2)3/h9,14-21H,5-8,10-13H2,1-4H3/b15-9+. The van der Waals surface area contributed by atoms with E-state index in [1.165, 1.54) is 43.4 Å². The first-order valence-corrected chi connectivity index (χ1v) is 12.2. The number of hydrogen-bond donors (Lipinski definition) is 0. The van der Waals surface area contributed by atoms with Gasteiger partial charge in [0.2, 0.25) is 0 Å². The molecular formula is C26H37FS. The summed E-state index contributed by atoms with van der Waals surface area (Å²) in [4.78, 5) is 1.18.